The number of nitrogens with one attached hydrogen (secondary N) is 2. The molecule has 9 nitrogen and oxygen atoms in total. The number of anilines is 2. The average Bonchev–Trinajstić information content (AvgIpc) is 2.52. The molecule has 1 atom stereocenters. The lowest BCUT2D eigenvalue weighted by molar-refractivity contribution is -0.383. The largest absolute Gasteiger partial charge is 0.363 e. The fourth-order valence-corrected chi connectivity index (χ4v) is 2.52. The lowest BCUT2D eigenvalue weighted by Crippen LogP contribution is -2.41. The second kappa shape index (κ2) is 7.14. The third kappa shape index (κ3) is 3.76. The van der Waals surface area contributed by atoms with E-state index in [-0.39, 0.29) is 23.4 Å². The first-order valence-electron chi connectivity index (χ1n) is 7.07. The summed E-state index contributed by atoms with van der Waals surface area (Å²) in [5, 5.41) is 14.2. The molecule has 1 unspecified atom stereocenters. The number of piperidine rings is 1. The highest BCUT2D eigenvalue weighted by atomic mass is 16.6. The Bertz CT molecular complexity index is 490. The molecule has 0 amide bonds. The first-order valence-corrected chi connectivity index (χ1v) is 7.07. The minimum absolute atomic E-state index is 0.00289. The van der Waals surface area contributed by atoms with Gasteiger partial charge in [-0.15, -0.1) is 0 Å². The Morgan fingerprint density at radius 1 is 1.38 bits per heavy atom. The standard InChI is InChI=1S/C12H21N7O2/c1-9(18-5-3-2-4-6-18)7-14-11-10(19(20)21)12(17-13)16-8-15-11/h8-9H,2-7,13H2,1H3,(H2,14,15,16,17). The smallest absolute Gasteiger partial charge is 0.354 e. The van der Waals surface area contributed by atoms with Crippen LogP contribution in [-0.4, -0.2) is 45.5 Å². The van der Waals surface area contributed by atoms with Crippen LogP contribution in [0.15, 0.2) is 6.33 Å². The SMILES string of the molecule is CC(CNc1ncnc(NN)c1[N+](=O)[O-])N1CCCCC1. The van der Waals surface area contributed by atoms with E-state index in [1.165, 1.54) is 25.6 Å². The minimum Gasteiger partial charge on any atom is -0.363 e. The lowest BCUT2D eigenvalue weighted by Gasteiger charge is -2.32. The van der Waals surface area contributed by atoms with Gasteiger partial charge in [0.15, 0.2) is 0 Å². The summed E-state index contributed by atoms with van der Waals surface area (Å²) in [4.78, 5) is 20.7. The van der Waals surface area contributed by atoms with Crippen molar-refractivity contribution in [3.8, 4) is 0 Å². The number of nitrogens with two attached hydrogens (primary N) is 1. The Labute approximate surface area is 123 Å². The van der Waals surface area contributed by atoms with Gasteiger partial charge in [0, 0.05) is 12.6 Å². The van der Waals surface area contributed by atoms with Crippen molar-refractivity contribution in [2.24, 2.45) is 5.84 Å². The quantitative estimate of drug-likeness (QED) is 0.403. The number of nitrogen functional groups attached to an aromatic ring is 1. The van der Waals surface area contributed by atoms with Crippen LogP contribution in [0.25, 0.3) is 0 Å². The van der Waals surface area contributed by atoms with Crippen LogP contribution in [0.4, 0.5) is 17.3 Å². The Hall–Kier alpha value is -2.00. The Kier molecular flexibility index (Phi) is 5.23. The Morgan fingerprint density at radius 2 is 2.05 bits per heavy atom. The molecule has 1 fully saturated rings. The molecule has 1 aliphatic rings. The van der Waals surface area contributed by atoms with E-state index in [0.29, 0.717) is 6.54 Å². The van der Waals surface area contributed by atoms with Crippen LogP contribution in [0.5, 0.6) is 0 Å². The van der Waals surface area contributed by atoms with E-state index in [2.05, 4.69) is 32.5 Å². The first kappa shape index (κ1) is 15.4. The van der Waals surface area contributed by atoms with E-state index in [1.54, 1.807) is 0 Å². The monoisotopic (exact) mass is 295 g/mol. The molecule has 1 aromatic rings. The maximum atomic E-state index is 11.1. The number of rotatable bonds is 6. The van der Waals surface area contributed by atoms with E-state index < -0.39 is 4.92 Å². The molecule has 9 heteroatoms. The molecule has 0 spiro atoms. The van der Waals surface area contributed by atoms with Gasteiger partial charge in [0.2, 0.25) is 11.6 Å². The third-order valence-corrected chi connectivity index (χ3v) is 3.72. The van der Waals surface area contributed by atoms with E-state index in [0.717, 1.165) is 13.1 Å². The number of hydrogen-bond acceptors (Lipinski definition) is 8. The van der Waals surface area contributed by atoms with Gasteiger partial charge in [-0.2, -0.15) is 0 Å². The highest BCUT2D eigenvalue weighted by Gasteiger charge is 2.23. The molecular formula is C12H21N7O2. The zero-order valence-corrected chi connectivity index (χ0v) is 12.1. The Morgan fingerprint density at radius 3 is 2.67 bits per heavy atom. The summed E-state index contributed by atoms with van der Waals surface area (Å²) in [5.74, 6) is 5.44. The molecule has 2 rings (SSSR count). The highest BCUT2D eigenvalue weighted by molar-refractivity contribution is 5.68. The second-order valence-corrected chi connectivity index (χ2v) is 5.15. The summed E-state index contributed by atoms with van der Waals surface area (Å²) in [7, 11) is 0. The summed E-state index contributed by atoms with van der Waals surface area (Å²) < 4.78 is 0. The molecule has 0 bridgehead atoms. The van der Waals surface area contributed by atoms with Gasteiger partial charge in [-0.3, -0.25) is 15.0 Å². The van der Waals surface area contributed by atoms with Crippen LogP contribution >= 0.6 is 0 Å². The van der Waals surface area contributed by atoms with Crippen LogP contribution < -0.4 is 16.6 Å². The van der Waals surface area contributed by atoms with Crippen molar-refractivity contribution >= 4 is 17.3 Å². The van der Waals surface area contributed by atoms with Crippen LogP contribution in [0, 0.1) is 10.1 Å². The van der Waals surface area contributed by atoms with Crippen molar-refractivity contribution in [3.05, 3.63) is 16.4 Å². The molecule has 1 saturated heterocycles. The summed E-state index contributed by atoms with van der Waals surface area (Å²) in [6.07, 6.45) is 4.94. The van der Waals surface area contributed by atoms with Gasteiger partial charge >= 0.3 is 5.69 Å². The van der Waals surface area contributed by atoms with Crippen LogP contribution in [0.3, 0.4) is 0 Å². The van der Waals surface area contributed by atoms with Gasteiger partial charge in [0.25, 0.3) is 0 Å². The van der Waals surface area contributed by atoms with Crippen molar-refractivity contribution in [1.82, 2.24) is 14.9 Å². The molecule has 1 aliphatic heterocycles. The van der Waals surface area contributed by atoms with Crippen molar-refractivity contribution < 1.29 is 4.92 Å². The number of hydrogen-bond donors (Lipinski definition) is 3. The van der Waals surface area contributed by atoms with E-state index >= 15 is 0 Å². The molecule has 0 aliphatic carbocycles. The molecule has 2 heterocycles. The maximum Gasteiger partial charge on any atom is 0.354 e. The lowest BCUT2D eigenvalue weighted by atomic mass is 10.1. The summed E-state index contributed by atoms with van der Waals surface area (Å²) >= 11 is 0. The fraction of sp³-hybridized carbons (Fsp3) is 0.667. The zero-order chi connectivity index (χ0) is 15.2. The number of aromatic nitrogens is 2. The van der Waals surface area contributed by atoms with Crippen molar-refractivity contribution in [2.45, 2.75) is 32.2 Å². The topological polar surface area (TPSA) is 122 Å². The zero-order valence-electron chi connectivity index (χ0n) is 12.1. The molecule has 4 N–H and O–H groups in total. The molecule has 21 heavy (non-hydrogen) atoms. The normalized spacial score (nSPS) is 17.2. The molecule has 116 valence electrons. The van der Waals surface area contributed by atoms with Crippen molar-refractivity contribution in [3.63, 3.8) is 0 Å². The van der Waals surface area contributed by atoms with Gasteiger partial charge in [-0.25, -0.2) is 15.8 Å². The average molecular weight is 295 g/mol. The van der Waals surface area contributed by atoms with E-state index in [9.17, 15) is 10.1 Å². The van der Waals surface area contributed by atoms with Gasteiger partial charge < -0.3 is 10.7 Å². The van der Waals surface area contributed by atoms with Gasteiger partial charge in [0.1, 0.15) is 6.33 Å². The molecule has 0 aromatic carbocycles. The number of nitro groups is 1. The number of likely N-dealkylation sites (tertiary alicyclic amines) is 1. The maximum absolute atomic E-state index is 11.1. The minimum atomic E-state index is -0.539. The molecular weight excluding hydrogens is 274 g/mol. The van der Waals surface area contributed by atoms with Crippen LogP contribution in [0.2, 0.25) is 0 Å². The molecule has 0 radical (unpaired) electrons. The van der Waals surface area contributed by atoms with Crippen LogP contribution in [0.1, 0.15) is 26.2 Å². The van der Waals surface area contributed by atoms with Crippen LogP contribution in [-0.2, 0) is 0 Å². The number of nitrogens with zero attached hydrogens (tertiary/aromatic N) is 4. The van der Waals surface area contributed by atoms with Gasteiger partial charge in [-0.1, -0.05) is 6.42 Å². The second-order valence-electron chi connectivity index (χ2n) is 5.15. The van der Waals surface area contributed by atoms with Gasteiger partial charge in [0.05, 0.1) is 4.92 Å². The van der Waals surface area contributed by atoms with E-state index in [4.69, 9.17) is 5.84 Å². The summed E-state index contributed by atoms with van der Waals surface area (Å²) in [6.45, 7) is 4.84. The molecule has 1 aromatic heterocycles. The molecule has 0 saturated carbocycles. The first-order chi connectivity index (χ1) is 10.1. The fourth-order valence-electron chi connectivity index (χ4n) is 2.52. The Balaban J connectivity index is 2.03. The van der Waals surface area contributed by atoms with E-state index in [1.807, 2.05) is 0 Å². The van der Waals surface area contributed by atoms with Crippen molar-refractivity contribution in [2.75, 3.05) is 30.4 Å². The predicted molar refractivity (Wildman–Crippen MR) is 79.9 cm³/mol. The summed E-state index contributed by atoms with van der Waals surface area (Å²) in [6, 6.07) is 0.286. The van der Waals surface area contributed by atoms with Gasteiger partial charge in [-0.05, 0) is 32.9 Å². The highest BCUT2D eigenvalue weighted by Crippen LogP contribution is 2.28. The number of hydrazine groups is 1. The predicted octanol–water partition coefficient (Wildman–Crippen LogP) is 0.957. The summed E-state index contributed by atoms with van der Waals surface area (Å²) in [5.41, 5.74) is 1.99. The third-order valence-electron chi connectivity index (χ3n) is 3.72. The van der Waals surface area contributed by atoms with Crippen molar-refractivity contribution in [1.29, 1.82) is 0 Å².